The lowest BCUT2D eigenvalue weighted by molar-refractivity contribution is 0.102. The monoisotopic (exact) mass is 452 g/mol. The van der Waals surface area contributed by atoms with E-state index in [1.54, 1.807) is 24.5 Å². The van der Waals surface area contributed by atoms with Crippen molar-refractivity contribution in [1.29, 1.82) is 0 Å². The van der Waals surface area contributed by atoms with Crippen LogP contribution in [0.2, 0.25) is 0 Å². The molecule has 0 atom stereocenters. The number of hydrogen-bond donors (Lipinski definition) is 1. The van der Waals surface area contributed by atoms with Crippen LogP contribution >= 0.6 is 0 Å². The molecule has 0 spiro atoms. The predicted octanol–water partition coefficient (Wildman–Crippen LogP) is 5.41. The van der Waals surface area contributed by atoms with E-state index in [4.69, 9.17) is 9.72 Å². The number of hydrogen-bond acceptors (Lipinski definition) is 5. The molecule has 2 aromatic heterocycles. The summed E-state index contributed by atoms with van der Waals surface area (Å²) < 4.78 is 5.94. The van der Waals surface area contributed by atoms with Crippen molar-refractivity contribution in [2.75, 3.05) is 31.6 Å². The summed E-state index contributed by atoms with van der Waals surface area (Å²) in [5.74, 6) is 0.516. The van der Waals surface area contributed by atoms with Gasteiger partial charge in [-0.1, -0.05) is 30.7 Å². The van der Waals surface area contributed by atoms with Crippen molar-refractivity contribution in [3.8, 4) is 17.0 Å². The number of carbonyl (C=O) groups is 1. The number of anilines is 1. The molecule has 0 saturated carbocycles. The third-order valence-electron chi connectivity index (χ3n) is 6.15. The van der Waals surface area contributed by atoms with Crippen molar-refractivity contribution in [3.05, 3.63) is 84.7 Å². The number of pyridine rings is 2. The molecule has 1 amide bonds. The second-order valence-corrected chi connectivity index (χ2v) is 8.55. The lowest BCUT2D eigenvalue weighted by Crippen LogP contribution is -2.33. The number of aromatic nitrogens is 2. The second kappa shape index (κ2) is 10.4. The van der Waals surface area contributed by atoms with Gasteiger partial charge in [0.05, 0.1) is 16.9 Å². The van der Waals surface area contributed by atoms with Gasteiger partial charge in [-0.2, -0.15) is 0 Å². The number of rotatable bonds is 7. The molecule has 0 unspecified atom stereocenters. The van der Waals surface area contributed by atoms with E-state index in [1.807, 2.05) is 54.6 Å². The van der Waals surface area contributed by atoms with Gasteiger partial charge < -0.3 is 10.1 Å². The van der Waals surface area contributed by atoms with Crippen LogP contribution < -0.4 is 10.1 Å². The second-order valence-electron chi connectivity index (χ2n) is 8.55. The third-order valence-corrected chi connectivity index (χ3v) is 6.15. The molecule has 1 N–H and O–H groups in total. The highest BCUT2D eigenvalue weighted by Crippen LogP contribution is 2.26. The quantitative estimate of drug-likeness (QED) is 0.406. The number of fused-ring (bicyclic) bond motifs is 1. The van der Waals surface area contributed by atoms with Crippen LogP contribution in [-0.4, -0.2) is 47.0 Å². The van der Waals surface area contributed by atoms with Crippen LogP contribution in [0.1, 0.15) is 29.6 Å². The molecule has 1 aliphatic rings. The molecule has 5 rings (SSSR count). The molecule has 34 heavy (non-hydrogen) atoms. The van der Waals surface area contributed by atoms with Gasteiger partial charge >= 0.3 is 0 Å². The molecule has 172 valence electrons. The molecular formula is C28H28N4O2. The van der Waals surface area contributed by atoms with E-state index in [-0.39, 0.29) is 5.91 Å². The number of nitrogens with zero attached hydrogens (tertiary/aromatic N) is 3. The molecule has 1 saturated heterocycles. The standard InChI is InChI=1S/C28H28N4O2/c33-28(22-8-4-10-24(19-22)34-18-17-32-15-2-1-3-16-32)31-26-11-5-7-21-12-13-25(30-27(21)26)23-9-6-14-29-20-23/h4-14,19-20H,1-3,15-18H2,(H,31,33). The zero-order valence-electron chi connectivity index (χ0n) is 19.1. The summed E-state index contributed by atoms with van der Waals surface area (Å²) in [4.78, 5) is 24.5. The van der Waals surface area contributed by atoms with E-state index in [0.717, 1.165) is 41.8 Å². The van der Waals surface area contributed by atoms with Crippen molar-refractivity contribution >= 4 is 22.5 Å². The third kappa shape index (κ3) is 5.24. The molecule has 3 heterocycles. The number of piperidine rings is 1. The first-order chi connectivity index (χ1) is 16.8. The van der Waals surface area contributed by atoms with E-state index in [9.17, 15) is 4.79 Å². The summed E-state index contributed by atoms with van der Waals surface area (Å²) in [7, 11) is 0. The molecule has 0 aliphatic carbocycles. The minimum Gasteiger partial charge on any atom is -0.492 e. The first-order valence-corrected chi connectivity index (χ1v) is 11.8. The number of benzene rings is 2. The largest absolute Gasteiger partial charge is 0.492 e. The fourth-order valence-corrected chi connectivity index (χ4v) is 4.32. The van der Waals surface area contributed by atoms with E-state index in [2.05, 4.69) is 15.2 Å². The molecule has 6 heteroatoms. The van der Waals surface area contributed by atoms with E-state index < -0.39 is 0 Å². The first kappa shape index (κ1) is 22.0. The number of carbonyl (C=O) groups excluding carboxylic acids is 1. The summed E-state index contributed by atoms with van der Waals surface area (Å²) >= 11 is 0. The van der Waals surface area contributed by atoms with Crippen LogP contribution in [0.15, 0.2) is 79.1 Å². The van der Waals surface area contributed by atoms with Gasteiger partial charge in [0.25, 0.3) is 5.91 Å². The average Bonchev–Trinajstić information content (AvgIpc) is 2.90. The number of likely N-dealkylation sites (tertiary alicyclic amines) is 1. The predicted molar refractivity (Wildman–Crippen MR) is 135 cm³/mol. The molecule has 1 aliphatic heterocycles. The molecule has 6 nitrogen and oxygen atoms in total. The van der Waals surface area contributed by atoms with Gasteiger partial charge in [0.2, 0.25) is 0 Å². The number of para-hydroxylation sites is 1. The average molecular weight is 453 g/mol. The van der Waals surface area contributed by atoms with Gasteiger partial charge in [-0.15, -0.1) is 0 Å². The molecule has 2 aromatic carbocycles. The molecule has 4 aromatic rings. The Morgan fingerprint density at radius 2 is 1.85 bits per heavy atom. The smallest absolute Gasteiger partial charge is 0.255 e. The summed E-state index contributed by atoms with van der Waals surface area (Å²) in [5, 5.41) is 3.99. The number of nitrogens with one attached hydrogen (secondary N) is 1. The fraction of sp³-hybridized carbons (Fsp3) is 0.250. The summed E-state index contributed by atoms with van der Waals surface area (Å²) in [6, 6.07) is 21.0. The first-order valence-electron chi connectivity index (χ1n) is 11.8. The van der Waals surface area contributed by atoms with Crippen molar-refractivity contribution in [1.82, 2.24) is 14.9 Å². The Labute approximate surface area is 199 Å². The Morgan fingerprint density at radius 3 is 2.71 bits per heavy atom. The molecule has 1 fully saturated rings. The number of ether oxygens (including phenoxy) is 1. The molecule has 0 radical (unpaired) electrons. The van der Waals surface area contributed by atoms with Gasteiger partial charge in [-0.3, -0.25) is 14.7 Å². The van der Waals surface area contributed by atoms with Gasteiger partial charge in [0, 0.05) is 35.5 Å². The summed E-state index contributed by atoms with van der Waals surface area (Å²) in [5.41, 5.74) is 3.71. The van der Waals surface area contributed by atoms with Crippen LogP contribution in [0.4, 0.5) is 5.69 Å². The Morgan fingerprint density at radius 1 is 0.971 bits per heavy atom. The highest BCUT2D eigenvalue weighted by atomic mass is 16.5. The lowest BCUT2D eigenvalue weighted by Gasteiger charge is -2.26. The van der Waals surface area contributed by atoms with Crippen LogP contribution in [-0.2, 0) is 0 Å². The highest BCUT2D eigenvalue weighted by Gasteiger charge is 2.13. The van der Waals surface area contributed by atoms with E-state index in [1.165, 1.54) is 19.3 Å². The lowest BCUT2D eigenvalue weighted by atomic mass is 10.1. The van der Waals surface area contributed by atoms with Crippen molar-refractivity contribution in [2.24, 2.45) is 0 Å². The maximum atomic E-state index is 13.1. The van der Waals surface area contributed by atoms with Crippen molar-refractivity contribution < 1.29 is 9.53 Å². The maximum Gasteiger partial charge on any atom is 0.255 e. The van der Waals surface area contributed by atoms with E-state index >= 15 is 0 Å². The zero-order chi connectivity index (χ0) is 23.2. The molecular weight excluding hydrogens is 424 g/mol. The normalized spacial score (nSPS) is 14.1. The minimum absolute atomic E-state index is 0.192. The highest BCUT2D eigenvalue weighted by molar-refractivity contribution is 6.08. The van der Waals surface area contributed by atoms with Crippen molar-refractivity contribution in [3.63, 3.8) is 0 Å². The van der Waals surface area contributed by atoms with Crippen molar-refractivity contribution in [2.45, 2.75) is 19.3 Å². The topological polar surface area (TPSA) is 67.3 Å². The van der Waals surface area contributed by atoms with Crippen LogP contribution in [0, 0.1) is 0 Å². The maximum absolute atomic E-state index is 13.1. The van der Waals surface area contributed by atoms with Crippen LogP contribution in [0.25, 0.3) is 22.2 Å². The SMILES string of the molecule is O=C(Nc1cccc2ccc(-c3cccnc3)nc12)c1cccc(OCCN2CCCCC2)c1. The van der Waals surface area contributed by atoms with Gasteiger partial charge in [-0.05, 0) is 68.4 Å². The number of amides is 1. The molecule has 0 bridgehead atoms. The minimum atomic E-state index is -0.192. The van der Waals surface area contributed by atoms with E-state index in [0.29, 0.717) is 23.6 Å². The summed E-state index contributed by atoms with van der Waals surface area (Å²) in [6.45, 7) is 3.83. The van der Waals surface area contributed by atoms with Gasteiger partial charge in [-0.25, -0.2) is 4.98 Å². The van der Waals surface area contributed by atoms with Crippen LogP contribution in [0.5, 0.6) is 5.75 Å². The zero-order valence-corrected chi connectivity index (χ0v) is 19.1. The fourth-order valence-electron chi connectivity index (χ4n) is 4.32. The van der Waals surface area contributed by atoms with Gasteiger partial charge in [0.15, 0.2) is 0 Å². The summed E-state index contributed by atoms with van der Waals surface area (Å²) in [6.07, 6.45) is 7.38. The van der Waals surface area contributed by atoms with Gasteiger partial charge in [0.1, 0.15) is 12.4 Å². The van der Waals surface area contributed by atoms with Crippen LogP contribution in [0.3, 0.4) is 0 Å². The Hall–Kier alpha value is -3.77. The Bertz CT molecular complexity index is 1270. The Kier molecular flexibility index (Phi) is 6.77. The Balaban J connectivity index is 1.30.